The molecule has 0 aliphatic heterocycles. The van der Waals surface area contributed by atoms with Crippen LogP contribution in [0.1, 0.15) is 36.1 Å². The fourth-order valence-corrected chi connectivity index (χ4v) is 4.67. The predicted octanol–water partition coefficient (Wildman–Crippen LogP) is 3.48. The van der Waals surface area contributed by atoms with Crippen molar-refractivity contribution in [2.75, 3.05) is 24.2 Å². The lowest BCUT2D eigenvalue weighted by molar-refractivity contribution is -0.120. The third kappa shape index (κ3) is 5.03. The van der Waals surface area contributed by atoms with E-state index in [-0.39, 0.29) is 17.6 Å². The lowest BCUT2D eigenvalue weighted by Gasteiger charge is -2.24. The third-order valence-corrected chi connectivity index (χ3v) is 6.55. The molecule has 0 saturated heterocycles. The van der Waals surface area contributed by atoms with Crippen LogP contribution >= 0.6 is 11.6 Å². The highest BCUT2D eigenvalue weighted by molar-refractivity contribution is 7.92. The Bertz CT molecular complexity index is 1020. The van der Waals surface area contributed by atoms with E-state index in [1.165, 1.54) is 24.3 Å². The van der Waals surface area contributed by atoms with Crippen molar-refractivity contribution in [2.45, 2.75) is 32.2 Å². The number of aryl methyl sites for hydroxylation is 2. The average Bonchev–Trinajstić information content (AvgIpc) is 3.13. The Hall–Kier alpha value is -2.25. The Labute approximate surface area is 176 Å². The first-order valence-corrected chi connectivity index (χ1v) is 11.6. The maximum Gasteiger partial charge on any atom is 0.241 e. The number of sulfonamides is 1. The molecule has 29 heavy (non-hydrogen) atoms. The number of ether oxygens (including phenoxy) is 1. The van der Waals surface area contributed by atoms with E-state index in [1.807, 2.05) is 13.0 Å². The fourth-order valence-electron chi connectivity index (χ4n) is 3.57. The molecule has 0 heterocycles. The minimum atomic E-state index is -3.68. The van der Waals surface area contributed by atoms with Gasteiger partial charge in [-0.15, -0.1) is 0 Å². The van der Waals surface area contributed by atoms with Gasteiger partial charge in [-0.05, 0) is 61.1 Å². The Morgan fingerprint density at radius 2 is 1.93 bits per heavy atom. The number of carbonyl (C=O) groups is 1. The second kappa shape index (κ2) is 8.63. The van der Waals surface area contributed by atoms with Crippen LogP contribution in [0.15, 0.2) is 36.4 Å². The van der Waals surface area contributed by atoms with Gasteiger partial charge in [0.25, 0.3) is 0 Å². The lowest BCUT2D eigenvalue weighted by atomic mass is 10.0. The van der Waals surface area contributed by atoms with Crippen LogP contribution in [-0.2, 0) is 27.7 Å². The first kappa shape index (κ1) is 21.5. The van der Waals surface area contributed by atoms with E-state index in [1.54, 1.807) is 12.1 Å². The maximum atomic E-state index is 12.6. The van der Waals surface area contributed by atoms with Gasteiger partial charge in [0, 0.05) is 0 Å². The van der Waals surface area contributed by atoms with Crippen LogP contribution in [0.2, 0.25) is 5.02 Å². The van der Waals surface area contributed by atoms with Crippen molar-refractivity contribution in [1.29, 1.82) is 0 Å². The molecule has 1 aliphatic carbocycles. The normalized spacial score (nSPS) is 14.2. The summed E-state index contributed by atoms with van der Waals surface area (Å²) >= 11 is 6.12. The molecule has 0 radical (unpaired) electrons. The molecule has 2 aromatic carbocycles. The molecular formula is C21H25ClN2O4S. The minimum Gasteiger partial charge on any atom is -0.495 e. The van der Waals surface area contributed by atoms with Crippen LogP contribution in [-0.4, -0.2) is 34.2 Å². The number of amides is 1. The van der Waals surface area contributed by atoms with E-state index < -0.39 is 15.9 Å². The number of anilines is 1. The molecule has 3 rings (SSSR count). The summed E-state index contributed by atoms with van der Waals surface area (Å²) in [6.07, 6.45) is 4.38. The molecule has 0 spiro atoms. The Kier molecular flexibility index (Phi) is 6.39. The van der Waals surface area contributed by atoms with Crippen molar-refractivity contribution >= 4 is 33.2 Å². The zero-order valence-corrected chi connectivity index (χ0v) is 18.3. The van der Waals surface area contributed by atoms with Gasteiger partial charge in [-0.3, -0.25) is 9.10 Å². The molecule has 0 bridgehead atoms. The first-order chi connectivity index (χ1) is 13.7. The predicted molar refractivity (Wildman–Crippen MR) is 115 cm³/mol. The molecule has 1 atom stereocenters. The van der Waals surface area contributed by atoms with E-state index in [2.05, 4.69) is 17.4 Å². The number of nitrogens with one attached hydrogen (secondary N) is 1. The van der Waals surface area contributed by atoms with Crippen molar-refractivity contribution < 1.29 is 17.9 Å². The largest absolute Gasteiger partial charge is 0.495 e. The highest BCUT2D eigenvalue weighted by Crippen LogP contribution is 2.30. The van der Waals surface area contributed by atoms with Crippen LogP contribution in [0.5, 0.6) is 5.75 Å². The van der Waals surface area contributed by atoms with Crippen molar-refractivity contribution in [1.82, 2.24) is 5.32 Å². The smallest absolute Gasteiger partial charge is 0.241 e. The molecule has 0 saturated carbocycles. The van der Waals surface area contributed by atoms with E-state index in [0.29, 0.717) is 11.4 Å². The van der Waals surface area contributed by atoms with Crippen molar-refractivity contribution in [3.8, 4) is 5.75 Å². The fraction of sp³-hybridized carbons (Fsp3) is 0.381. The molecule has 1 aliphatic rings. The van der Waals surface area contributed by atoms with E-state index in [4.69, 9.17) is 16.3 Å². The van der Waals surface area contributed by atoms with E-state index in [9.17, 15) is 13.2 Å². The molecule has 6 nitrogen and oxygen atoms in total. The second-order valence-electron chi connectivity index (χ2n) is 7.26. The van der Waals surface area contributed by atoms with Crippen LogP contribution in [0.3, 0.4) is 0 Å². The number of hydrogen-bond donors (Lipinski definition) is 1. The van der Waals surface area contributed by atoms with Crippen LogP contribution < -0.4 is 14.4 Å². The number of benzene rings is 2. The van der Waals surface area contributed by atoms with Gasteiger partial charge in [0.15, 0.2) is 0 Å². The van der Waals surface area contributed by atoms with Gasteiger partial charge in [0.1, 0.15) is 12.3 Å². The zero-order chi connectivity index (χ0) is 21.2. The SMILES string of the molecule is COc1ccc(N(CC(=O)N[C@@H](C)c2ccc3c(c2)CCC3)S(C)(=O)=O)cc1Cl. The highest BCUT2D eigenvalue weighted by Gasteiger charge is 2.23. The number of nitrogens with zero attached hydrogens (tertiary/aromatic N) is 1. The van der Waals surface area contributed by atoms with Gasteiger partial charge < -0.3 is 10.1 Å². The van der Waals surface area contributed by atoms with Gasteiger partial charge in [-0.25, -0.2) is 8.42 Å². The Balaban J connectivity index is 1.74. The monoisotopic (exact) mass is 436 g/mol. The summed E-state index contributed by atoms with van der Waals surface area (Å²) in [4.78, 5) is 12.6. The summed E-state index contributed by atoms with van der Waals surface area (Å²) in [5.74, 6) is 0.0360. The van der Waals surface area contributed by atoms with E-state index in [0.717, 1.165) is 35.4 Å². The summed E-state index contributed by atoms with van der Waals surface area (Å²) < 4.78 is 30.7. The summed E-state index contributed by atoms with van der Waals surface area (Å²) in [7, 11) is -2.21. The van der Waals surface area contributed by atoms with Gasteiger partial charge in [-0.2, -0.15) is 0 Å². The van der Waals surface area contributed by atoms with Crippen LogP contribution in [0.4, 0.5) is 5.69 Å². The first-order valence-electron chi connectivity index (χ1n) is 9.41. The quantitative estimate of drug-likeness (QED) is 0.720. The molecule has 1 N–H and O–H groups in total. The van der Waals surface area contributed by atoms with Crippen molar-refractivity contribution in [2.24, 2.45) is 0 Å². The van der Waals surface area contributed by atoms with Gasteiger partial charge >= 0.3 is 0 Å². The lowest BCUT2D eigenvalue weighted by Crippen LogP contribution is -2.41. The highest BCUT2D eigenvalue weighted by atomic mass is 35.5. The number of carbonyl (C=O) groups excluding carboxylic acids is 1. The molecule has 2 aromatic rings. The molecule has 1 amide bonds. The molecule has 8 heteroatoms. The van der Waals surface area contributed by atoms with Crippen LogP contribution in [0, 0.1) is 0 Å². The summed E-state index contributed by atoms with van der Waals surface area (Å²) in [5, 5.41) is 3.16. The molecule has 156 valence electrons. The van der Waals surface area contributed by atoms with Crippen molar-refractivity contribution in [3.63, 3.8) is 0 Å². The van der Waals surface area contributed by atoms with Crippen LogP contribution in [0.25, 0.3) is 0 Å². The van der Waals surface area contributed by atoms with Gasteiger partial charge in [-0.1, -0.05) is 29.8 Å². The molecule has 0 aromatic heterocycles. The van der Waals surface area contributed by atoms with Gasteiger partial charge in [0.05, 0.1) is 30.1 Å². The number of halogens is 1. The third-order valence-electron chi connectivity index (χ3n) is 5.11. The summed E-state index contributed by atoms with van der Waals surface area (Å²) in [6.45, 7) is 1.56. The Morgan fingerprint density at radius 3 is 2.59 bits per heavy atom. The summed E-state index contributed by atoms with van der Waals surface area (Å²) in [5.41, 5.74) is 4.01. The average molecular weight is 437 g/mol. The standard InChI is InChI=1S/C21H25ClN2O4S/c1-14(16-8-7-15-5-4-6-17(15)11-16)23-21(25)13-24(29(3,26)27)18-9-10-20(28-2)19(22)12-18/h7-12,14H,4-6,13H2,1-3H3,(H,23,25)/t14-/m0/s1. The van der Waals surface area contributed by atoms with Gasteiger partial charge in [0.2, 0.25) is 15.9 Å². The molecule has 0 fully saturated rings. The maximum absolute atomic E-state index is 12.6. The Morgan fingerprint density at radius 1 is 1.21 bits per heavy atom. The summed E-state index contributed by atoms with van der Waals surface area (Å²) in [6, 6.07) is 10.6. The van der Waals surface area contributed by atoms with E-state index >= 15 is 0 Å². The number of rotatable bonds is 7. The second-order valence-corrected chi connectivity index (χ2v) is 9.57. The number of hydrogen-bond acceptors (Lipinski definition) is 4. The number of fused-ring (bicyclic) bond motifs is 1. The minimum absolute atomic E-state index is 0.228. The number of methoxy groups -OCH3 is 1. The molecular weight excluding hydrogens is 412 g/mol. The van der Waals surface area contributed by atoms with Crippen molar-refractivity contribution in [3.05, 3.63) is 58.1 Å². The molecule has 0 unspecified atom stereocenters. The zero-order valence-electron chi connectivity index (χ0n) is 16.7. The topological polar surface area (TPSA) is 75.7 Å².